The molecule has 0 radical (unpaired) electrons. The third-order valence-corrected chi connectivity index (χ3v) is 3.03. The van der Waals surface area contributed by atoms with Crippen LogP contribution in [-0.4, -0.2) is 43.5 Å². The molecule has 0 aliphatic heterocycles. The second kappa shape index (κ2) is 8.08. The number of nitrogens with zero attached hydrogens (tertiary/aromatic N) is 1. The van der Waals surface area contributed by atoms with Gasteiger partial charge in [-0.15, -0.1) is 0 Å². The van der Waals surface area contributed by atoms with Gasteiger partial charge >= 0.3 is 5.97 Å². The molecule has 0 aliphatic carbocycles. The highest BCUT2D eigenvalue weighted by Crippen LogP contribution is 2.14. The van der Waals surface area contributed by atoms with Crippen LogP contribution >= 0.6 is 0 Å². The Morgan fingerprint density at radius 1 is 1.28 bits per heavy atom. The van der Waals surface area contributed by atoms with Gasteiger partial charge in [0.25, 0.3) is 0 Å². The predicted octanol–water partition coefficient (Wildman–Crippen LogP) is 1.02. The molecule has 2 N–H and O–H groups in total. The summed E-state index contributed by atoms with van der Waals surface area (Å²) >= 11 is 0. The van der Waals surface area contributed by atoms with Gasteiger partial charge in [0.1, 0.15) is 0 Å². The Bertz CT molecular complexity index is 279. The van der Waals surface area contributed by atoms with E-state index >= 15 is 0 Å². The smallest absolute Gasteiger partial charge is 0.306 e. The fourth-order valence-electron chi connectivity index (χ4n) is 1.90. The zero-order valence-corrected chi connectivity index (χ0v) is 12.1. The zero-order valence-electron chi connectivity index (χ0n) is 12.1. The molecule has 0 bridgehead atoms. The van der Waals surface area contributed by atoms with Crippen LogP contribution in [0.15, 0.2) is 0 Å². The average Bonchev–Trinajstić information content (AvgIpc) is 2.33. The normalized spacial score (nSPS) is 14.2. The number of carbonyl (C=O) groups excluding carboxylic acids is 2. The predicted molar refractivity (Wildman–Crippen MR) is 70.9 cm³/mol. The maximum absolute atomic E-state index is 12.1. The fraction of sp³-hybridized carbons (Fsp3) is 0.846. The number of ether oxygens (including phenoxy) is 1. The van der Waals surface area contributed by atoms with E-state index in [1.807, 2.05) is 0 Å². The Morgan fingerprint density at radius 2 is 1.83 bits per heavy atom. The number of amides is 1. The van der Waals surface area contributed by atoms with E-state index < -0.39 is 0 Å². The summed E-state index contributed by atoms with van der Waals surface area (Å²) in [5.74, 6) is -0.317. The van der Waals surface area contributed by atoms with Crippen LogP contribution in [0, 0.1) is 11.8 Å². The lowest BCUT2D eigenvalue weighted by atomic mass is 10.00. The molecule has 0 saturated carbocycles. The summed E-state index contributed by atoms with van der Waals surface area (Å²) in [6, 6.07) is 0.0256. The summed E-state index contributed by atoms with van der Waals surface area (Å²) in [6.07, 6.45) is 0.975. The number of methoxy groups -OCH3 is 1. The number of nitrogens with two attached hydrogens (primary N) is 1. The van der Waals surface area contributed by atoms with E-state index in [1.54, 1.807) is 18.9 Å². The molecule has 5 nitrogen and oxygen atoms in total. The summed E-state index contributed by atoms with van der Waals surface area (Å²) in [4.78, 5) is 24.9. The van der Waals surface area contributed by atoms with E-state index in [4.69, 9.17) is 5.73 Å². The highest BCUT2D eigenvalue weighted by Gasteiger charge is 2.25. The Morgan fingerprint density at radius 3 is 2.22 bits per heavy atom. The number of likely N-dealkylation sites (N-methyl/N-ethyl adjacent to an activating group) is 1. The number of esters is 1. The molecule has 0 aliphatic rings. The van der Waals surface area contributed by atoms with Gasteiger partial charge in [-0.25, -0.2) is 0 Å². The van der Waals surface area contributed by atoms with E-state index in [-0.39, 0.29) is 30.3 Å². The second-order valence-electron chi connectivity index (χ2n) is 5.15. The Balaban J connectivity index is 4.50. The monoisotopic (exact) mass is 258 g/mol. The number of carbonyl (C=O) groups is 2. The van der Waals surface area contributed by atoms with Crippen molar-refractivity contribution in [2.24, 2.45) is 17.6 Å². The van der Waals surface area contributed by atoms with Crippen LogP contribution in [0.1, 0.15) is 33.6 Å². The van der Waals surface area contributed by atoms with E-state index in [2.05, 4.69) is 18.6 Å². The summed E-state index contributed by atoms with van der Waals surface area (Å²) in [5.41, 5.74) is 5.70. The van der Waals surface area contributed by atoms with Gasteiger partial charge < -0.3 is 15.4 Å². The van der Waals surface area contributed by atoms with Gasteiger partial charge in [0.05, 0.1) is 13.5 Å². The molecule has 1 amide bonds. The molecule has 18 heavy (non-hydrogen) atoms. The van der Waals surface area contributed by atoms with E-state index in [0.717, 1.165) is 6.42 Å². The first kappa shape index (κ1) is 16.9. The van der Waals surface area contributed by atoms with Gasteiger partial charge in [-0.2, -0.15) is 0 Å². The van der Waals surface area contributed by atoms with Crippen LogP contribution in [0.5, 0.6) is 0 Å². The standard InChI is InChI=1S/C13H26N2O3/c1-9(2)6-11(8-14)15(4)13(17)10(3)7-12(16)18-5/h9-11H,6-8,14H2,1-5H3/t10-,11+/m1/s1. The molecule has 0 aromatic carbocycles. The van der Waals surface area contributed by atoms with Crippen LogP contribution in [0.25, 0.3) is 0 Å². The minimum Gasteiger partial charge on any atom is -0.469 e. The van der Waals surface area contributed by atoms with Crippen molar-refractivity contribution in [3.8, 4) is 0 Å². The molecular formula is C13H26N2O3. The second-order valence-corrected chi connectivity index (χ2v) is 5.15. The van der Waals surface area contributed by atoms with Crippen LogP contribution in [0.2, 0.25) is 0 Å². The van der Waals surface area contributed by atoms with E-state index in [9.17, 15) is 9.59 Å². The molecule has 5 heteroatoms. The van der Waals surface area contributed by atoms with Crippen molar-refractivity contribution in [2.45, 2.75) is 39.7 Å². The zero-order chi connectivity index (χ0) is 14.3. The lowest BCUT2D eigenvalue weighted by Crippen LogP contribution is -2.45. The van der Waals surface area contributed by atoms with Crippen molar-refractivity contribution in [1.82, 2.24) is 4.90 Å². The van der Waals surface area contributed by atoms with E-state index in [0.29, 0.717) is 12.5 Å². The highest BCUT2D eigenvalue weighted by atomic mass is 16.5. The fourth-order valence-corrected chi connectivity index (χ4v) is 1.90. The van der Waals surface area contributed by atoms with Gasteiger partial charge in [0, 0.05) is 25.6 Å². The van der Waals surface area contributed by atoms with Crippen molar-refractivity contribution >= 4 is 11.9 Å². The number of rotatable bonds is 7. The summed E-state index contributed by atoms with van der Waals surface area (Å²) in [6.45, 7) is 6.36. The van der Waals surface area contributed by atoms with Crippen molar-refractivity contribution in [3.63, 3.8) is 0 Å². The molecule has 0 unspecified atom stereocenters. The van der Waals surface area contributed by atoms with Gasteiger partial charge in [0.2, 0.25) is 5.91 Å². The quantitative estimate of drug-likeness (QED) is 0.692. The molecule has 0 rings (SSSR count). The first-order valence-electron chi connectivity index (χ1n) is 6.37. The molecule has 0 saturated heterocycles. The van der Waals surface area contributed by atoms with Gasteiger partial charge in [-0.3, -0.25) is 9.59 Å². The third-order valence-electron chi connectivity index (χ3n) is 3.03. The van der Waals surface area contributed by atoms with Crippen LogP contribution in [0.3, 0.4) is 0 Å². The Labute approximate surface area is 110 Å². The number of hydrogen-bond donors (Lipinski definition) is 1. The molecule has 2 atom stereocenters. The Hall–Kier alpha value is -1.10. The third kappa shape index (κ3) is 5.49. The summed E-state index contributed by atoms with van der Waals surface area (Å²) < 4.78 is 4.57. The Kier molecular flexibility index (Phi) is 7.59. The maximum Gasteiger partial charge on any atom is 0.306 e. The van der Waals surface area contributed by atoms with Crippen molar-refractivity contribution in [2.75, 3.05) is 20.7 Å². The largest absolute Gasteiger partial charge is 0.469 e. The SMILES string of the molecule is COC(=O)C[C@@H](C)C(=O)N(C)[C@H](CN)CC(C)C. The summed E-state index contributed by atoms with van der Waals surface area (Å²) in [7, 11) is 3.07. The lowest BCUT2D eigenvalue weighted by Gasteiger charge is -2.30. The van der Waals surface area contributed by atoms with Gasteiger partial charge in [0.15, 0.2) is 0 Å². The molecule has 106 valence electrons. The molecule has 0 aromatic heterocycles. The lowest BCUT2D eigenvalue weighted by molar-refractivity contribution is -0.146. The first-order chi connectivity index (χ1) is 8.33. The molecule has 0 heterocycles. The minimum absolute atomic E-state index is 0.0256. The van der Waals surface area contributed by atoms with Crippen molar-refractivity contribution in [1.29, 1.82) is 0 Å². The van der Waals surface area contributed by atoms with Gasteiger partial charge in [-0.05, 0) is 12.3 Å². The van der Waals surface area contributed by atoms with E-state index in [1.165, 1.54) is 7.11 Å². The average molecular weight is 258 g/mol. The van der Waals surface area contributed by atoms with Gasteiger partial charge in [-0.1, -0.05) is 20.8 Å². The minimum atomic E-state index is -0.372. The highest BCUT2D eigenvalue weighted by molar-refractivity contribution is 5.83. The van der Waals surface area contributed by atoms with Crippen molar-refractivity contribution in [3.05, 3.63) is 0 Å². The molecular weight excluding hydrogens is 232 g/mol. The van der Waals surface area contributed by atoms with Crippen LogP contribution in [0.4, 0.5) is 0 Å². The number of hydrogen-bond acceptors (Lipinski definition) is 4. The maximum atomic E-state index is 12.1. The molecule has 0 aromatic rings. The topological polar surface area (TPSA) is 72.6 Å². The first-order valence-corrected chi connectivity index (χ1v) is 6.37. The summed E-state index contributed by atoms with van der Waals surface area (Å²) in [5, 5.41) is 0. The molecule has 0 fully saturated rings. The van der Waals surface area contributed by atoms with Crippen LogP contribution in [-0.2, 0) is 14.3 Å². The molecule has 0 spiro atoms. The van der Waals surface area contributed by atoms with Crippen molar-refractivity contribution < 1.29 is 14.3 Å². The van der Waals surface area contributed by atoms with Crippen LogP contribution < -0.4 is 5.73 Å².